The molecule has 0 radical (unpaired) electrons. The molecule has 1 N–H and O–H groups in total. The number of benzene rings is 2. The lowest BCUT2D eigenvalue weighted by molar-refractivity contribution is -0.185. The van der Waals surface area contributed by atoms with Gasteiger partial charge in [-0.05, 0) is 43.3 Å². The summed E-state index contributed by atoms with van der Waals surface area (Å²) in [5.41, 5.74) is 0.663. The van der Waals surface area contributed by atoms with Crippen molar-refractivity contribution < 1.29 is 18.6 Å². The van der Waals surface area contributed by atoms with Crippen LogP contribution in [0.4, 0.5) is 8.78 Å². The second kappa shape index (κ2) is 4.64. The van der Waals surface area contributed by atoms with Gasteiger partial charge in [-0.3, -0.25) is 0 Å². The van der Waals surface area contributed by atoms with E-state index in [-0.39, 0.29) is 17.1 Å². The van der Waals surface area contributed by atoms with Crippen molar-refractivity contribution in [2.75, 3.05) is 0 Å². The number of phenols is 1. The predicted molar refractivity (Wildman–Crippen MR) is 63.8 cm³/mol. The van der Waals surface area contributed by atoms with Crippen LogP contribution in [0.3, 0.4) is 0 Å². The van der Waals surface area contributed by atoms with E-state index in [1.165, 1.54) is 24.3 Å². The van der Waals surface area contributed by atoms with Crippen molar-refractivity contribution in [1.82, 2.24) is 0 Å². The van der Waals surface area contributed by atoms with Crippen molar-refractivity contribution in [2.45, 2.75) is 13.0 Å². The zero-order valence-electron chi connectivity index (χ0n) is 9.73. The summed E-state index contributed by atoms with van der Waals surface area (Å²) in [5.74, 6) is 0.0311. The molecule has 0 unspecified atom stereocenters. The summed E-state index contributed by atoms with van der Waals surface area (Å²) in [7, 11) is 0. The van der Waals surface area contributed by atoms with Gasteiger partial charge in [0.1, 0.15) is 11.5 Å². The Hall–Kier alpha value is -2.10. The minimum atomic E-state index is -3.43. The molecule has 2 aromatic rings. The first-order valence-electron chi connectivity index (χ1n) is 5.40. The second-order valence-corrected chi connectivity index (χ2v) is 3.98. The van der Waals surface area contributed by atoms with Gasteiger partial charge in [0.2, 0.25) is 0 Å². The van der Waals surface area contributed by atoms with Crippen molar-refractivity contribution in [3.8, 4) is 11.5 Å². The van der Waals surface area contributed by atoms with Crippen molar-refractivity contribution in [3.63, 3.8) is 0 Å². The lowest BCUT2D eigenvalue weighted by Gasteiger charge is -2.18. The Balaban J connectivity index is 2.20. The molecule has 2 aromatic carbocycles. The molecule has 4 heteroatoms. The molecular weight excluding hydrogens is 238 g/mol. The molecule has 0 saturated heterocycles. The highest BCUT2D eigenvalue weighted by Crippen LogP contribution is 2.32. The molecule has 2 rings (SSSR count). The highest BCUT2D eigenvalue weighted by atomic mass is 19.3. The fourth-order valence-electron chi connectivity index (χ4n) is 1.47. The Bertz CT molecular complexity index is 518. The fraction of sp³-hybridized carbons (Fsp3) is 0.143. The van der Waals surface area contributed by atoms with E-state index in [1.807, 2.05) is 6.92 Å². The van der Waals surface area contributed by atoms with E-state index < -0.39 is 6.11 Å². The maximum Gasteiger partial charge on any atom is 0.426 e. The van der Waals surface area contributed by atoms with Crippen LogP contribution in [0.1, 0.15) is 11.1 Å². The number of alkyl halides is 2. The first-order valence-corrected chi connectivity index (χ1v) is 5.40. The zero-order chi connectivity index (χ0) is 13.2. The van der Waals surface area contributed by atoms with Crippen LogP contribution < -0.4 is 4.74 Å². The number of hydrogen-bond acceptors (Lipinski definition) is 2. The van der Waals surface area contributed by atoms with Gasteiger partial charge in [-0.25, -0.2) is 0 Å². The van der Waals surface area contributed by atoms with Gasteiger partial charge in [-0.1, -0.05) is 17.7 Å². The lowest BCUT2D eigenvalue weighted by atomic mass is 10.2. The summed E-state index contributed by atoms with van der Waals surface area (Å²) in [6.45, 7) is 1.86. The lowest BCUT2D eigenvalue weighted by Crippen LogP contribution is -2.21. The van der Waals surface area contributed by atoms with Crippen LogP contribution in [0.15, 0.2) is 48.5 Å². The van der Waals surface area contributed by atoms with Gasteiger partial charge in [0.15, 0.2) is 0 Å². The van der Waals surface area contributed by atoms with Gasteiger partial charge in [-0.2, -0.15) is 8.78 Å². The molecule has 94 valence electrons. The predicted octanol–water partition coefficient (Wildman–Crippen LogP) is 3.83. The minimum Gasteiger partial charge on any atom is -0.508 e. The summed E-state index contributed by atoms with van der Waals surface area (Å²) in [4.78, 5) is 0. The third kappa shape index (κ3) is 2.77. The third-order valence-electron chi connectivity index (χ3n) is 2.47. The summed E-state index contributed by atoms with van der Waals surface area (Å²) < 4.78 is 32.2. The standard InChI is InChI=1S/C14H12F2O2/c1-10-2-8-13(9-3-10)18-14(15,16)11-4-6-12(17)7-5-11/h2-9,17H,1H3. The molecule has 0 aromatic heterocycles. The number of rotatable bonds is 3. The van der Waals surface area contributed by atoms with E-state index in [4.69, 9.17) is 5.11 Å². The number of hydrogen-bond donors (Lipinski definition) is 1. The van der Waals surface area contributed by atoms with Gasteiger partial charge in [-0.15, -0.1) is 0 Å². The molecule has 0 heterocycles. The number of ether oxygens (including phenoxy) is 1. The Morgan fingerprint density at radius 3 is 2.06 bits per heavy atom. The molecule has 0 atom stereocenters. The molecule has 0 aliphatic rings. The smallest absolute Gasteiger partial charge is 0.426 e. The molecule has 0 saturated carbocycles. The van der Waals surface area contributed by atoms with Gasteiger partial charge in [0.05, 0.1) is 5.56 Å². The van der Waals surface area contributed by atoms with Crippen molar-refractivity contribution in [3.05, 3.63) is 59.7 Å². The SMILES string of the molecule is Cc1ccc(OC(F)(F)c2ccc(O)cc2)cc1. The molecule has 0 spiro atoms. The van der Waals surface area contributed by atoms with Crippen LogP contribution in [-0.4, -0.2) is 5.11 Å². The van der Waals surface area contributed by atoms with Gasteiger partial charge in [0.25, 0.3) is 0 Å². The highest BCUT2D eigenvalue weighted by molar-refractivity contribution is 5.30. The number of aryl methyl sites for hydroxylation is 1. The third-order valence-corrected chi connectivity index (χ3v) is 2.47. The normalized spacial score (nSPS) is 11.3. The maximum atomic E-state index is 13.8. The summed E-state index contributed by atoms with van der Waals surface area (Å²) in [6, 6.07) is 11.0. The van der Waals surface area contributed by atoms with E-state index >= 15 is 0 Å². The van der Waals surface area contributed by atoms with E-state index in [9.17, 15) is 8.78 Å². The molecule has 0 fully saturated rings. The largest absolute Gasteiger partial charge is 0.508 e. The summed E-state index contributed by atoms with van der Waals surface area (Å²) in [6.07, 6.45) is -3.43. The van der Waals surface area contributed by atoms with Gasteiger partial charge in [0, 0.05) is 0 Å². The number of aromatic hydroxyl groups is 1. The molecule has 0 aliphatic carbocycles. The first-order chi connectivity index (χ1) is 8.47. The van der Waals surface area contributed by atoms with E-state index in [2.05, 4.69) is 4.74 Å². The van der Waals surface area contributed by atoms with Gasteiger partial charge < -0.3 is 9.84 Å². The van der Waals surface area contributed by atoms with Crippen molar-refractivity contribution in [1.29, 1.82) is 0 Å². The highest BCUT2D eigenvalue weighted by Gasteiger charge is 2.34. The second-order valence-electron chi connectivity index (χ2n) is 3.98. The molecule has 0 aliphatic heterocycles. The van der Waals surface area contributed by atoms with Crippen LogP contribution in [0.25, 0.3) is 0 Å². The molecular formula is C14H12F2O2. The Morgan fingerprint density at radius 2 is 1.50 bits per heavy atom. The summed E-state index contributed by atoms with van der Waals surface area (Å²) >= 11 is 0. The van der Waals surface area contributed by atoms with E-state index in [1.54, 1.807) is 12.1 Å². The van der Waals surface area contributed by atoms with Crippen molar-refractivity contribution in [2.24, 2.45) is 0 Å². The van der Waals surface area contributed by atoms with E-state index in [0.717, 1.165) is 17.7 Å². The van der Waals surface area contributed by atoms with Crippen LogP contribution in [0, 0.1) is 6.92 Å². The van der Waals surface area contributed by atoms with Crippen LogP contribution in [-0.2, 0) is 6.11 Å². The number of phenolic OH excluding ortho intramolecular Hbond substituents is 1. The topological polar surface area (TPSA) is 29.5 Å². The average Bonchev–Trinajstić information content (AvgIpc) is 2.32. The van der Waals surface area contributed by atoms with E-state index in [0.29, 0.717) is 0 Å². The average molecular weight is 250 g/mol. The molecule has 18 heavy (non-hydrogen) atoms. The zero-order valence-corrected chi connectivity index (χ0v) is 9.73. The molecule has 0 bridgehead atoms. The Labute approximate surface area is 103 Å². The van der Waals surface area contributed by atoms with Crippen LogP contribution in [0.2, 0.25) is 0 Å². The quantitative estimate of drug-likeness (QED) is 0.897. The first kappa shape index (κ1) is 12.4. The number of halogens is 2. The van der Waals surface area contributed by atoms with Crippen LogP contribution >= 0.6 is 0 Å². The van der Waals surface area contributed by atoms with Crippen LogP contribution in [0.5, 0.6) is 11.5 Å². The summed E-state index contributed by atoms with van der Waals surface area (Å²) in [5, 5.41) is 9.06. The fourth-order valence-corrected chi connectivity index (χ4v) is 1.47. The maximum absolute atomic E-state index is 13.8. The molecule has 2 nitrogen and oxygen atoms in total. The van der Waals surface area contributed by atoms with Crippen molar-refractivity contribution >= 4 is 0 Å². The minimum absolute atomic E-state index is 0.0649. The Morgan fingerprint density at radius 1 is 0.944 bits per heavy atom. The molecule has 0 amide bonds. The Kier molecular flexibility index (Phi) is 3.19. The van der Waals surface area contributed by atoms with Gasteiger partial charge >= 0.3 is 6.11 Å². The monoisotopic (exact) mass is 250 g/mol.